The fourth-order valence-corrected chi connectivity index (χ4v) is 3.80. The summed E-state index contributed by atoms with van der Waals surface area (Å²) >= 11 is 1.41. The number of aryl methyl sites for hydroxylation is 1. The van der Waals surface area contributed by atoms with Crippen molar-refractivity contribution < 1.29 is 4.79 Å². The molecule has 0 fully saturated rings. The highest BCUT2D eigenvalue weighted by atomic mass is 32.1. The maximum Gasteiger partial charge on any atom is 0.263 e. The molecule has 29 heavy (non-hydrogen) atoms. The minimum Gasteiger partial charge on any atom is -0.346 e. The zero-order valence-corrected chi connectivity index (χ0v) is 17.7. The van der Waals surface area contributed by atoms with Gasteiger partial charge >= 0.3 is 0 Å². The van der Waals surface area contributed by atoms with Crippen LogP contribution in [0.4, 0.5) is 0 Å². The molecule has 0 aliphatic carbocycles. The summed E-state index contributed by atoms with van der Waals surface area (Å²) in [5.41, 5.74) is 1.23. The quantitative estimate of drug-likeness (QED) is 0.639. The molecular formula is C20H24N6O2S. The summed E-state index contributed by atoms with van der Waals surface area (Å²) in [5.74, 6) is 0.149. The molecule has 9 heteroatoms. The Bertz CT molecular complexity index is 1040. The van der Waals surface area contributed by atoms with Crippen LogP contribution in [0.3, 0.4) is 0 Å². The van der Waals surface area contributed by atoms with Crippen molar-refractivity contribution in [1.29, 1.82) is 0 Å². The highest BCUT2D eigenvalue weighted by molar-refractivity contribution is 7.13. The molecule has 0 radical (unpaired) electrons. The third-order valence-corrected chi connectivity index (χ3v) is 5.29. The highest BCUT2D eigenvalue weighted by Gasteiger charge is 2.18. The van der Waals surface area contributed by atoms with Crippen LogP contribution in [0.25, 0.3) is 10.8 Å². The molecule has 0 aromatic carbocycles. The predicted octanol–water partition coefficient (Wildman–Crippen LogP) is 2.12. The first-order chi connectivity index (χ1) is 13.9. The number of aromatic nitrogens is 4. The van der Waals surface area contributed by atoms with Gasteiger partial charge in [-0.1, -0.05) is 0 Å². The van der Waals surface area contributed by atoms with E-state index >= 15 is 0 Å². The molecule has 1 amide bonds. The minimum atomic E-state index is -0.399. The van der Waals surface area contributed by atoms with Gasteiger partial charge in [0.25, 0.3) is 11.5 Å². The third-order valence-electron chi connectivity index (χ3n) is 4.40. The van der Waals surface area contributed by atoms with E-state index in [1.807, 2.05) is 31.3 Å². The molecule has 0 saturated carbocycles. The maximum absolute atomic E-state index is 12.9. The Morgan fingerprint density at radius 3 is 2.72 bits per heavy atom. The second-order valence-electron chi connectivity index (χ2n) is 7.10. The SMILES string of the molecule is Cc1ccn(C(C)CN(C)C)c(=O)c1C(=O)NCc1csc(-c2ncccn2)n1. The largest absolute Gasteiger partial charge is 0.346 e. The molecule has 0 saturated heterocycles. The van der Waals surface area contributed by atoms with E-state index in [9.17, 15) is 9.59 Å². The number of carbonyl (C=O) groups excluding carboxylic acids is 1. The Balaban J connectivity index is 1.74. The van der Waals surface area contributed by atoms with Gasteiger partial charge < -0.3 is 14.8 Å². The van der Waals surface area contributed by atoms with Gasteiger partial charge in [-0.3, -0.25) is 9.59 Å². The van der Waals surface area contributed by atoms with Gasteiger partial charge in [0.2, 0.25) is 0 Å². The third kappa shape index (κ3) is 4.93. The number of hydrogen-bond donors (Lipinski definition) is 1. The number of nitrogens with zero attached hydrogens (tertiary/aromatic N) is 5. The van der Waals surface area contributed by atoms with Crippen LogP contribution < -0.4 is 10.9 Å². The average Bonchev–Trinajstić information content (AvgIpc) is 3.15. The van der Waals surface area contributed by atoms with E-state index in [-0.39, 0.29) is 23.7 Å². The van der Waals surface area contributed by atoms with Gasteiger partial charge in [0.05, 0.1) is 12.2 Å². The zero-order valence-electron chi connectivity index (χ0n) is 16.9. The van der Waals surface area contributed by atoms with Crippen LogP contribution in [0.15, 0.2) is 40.9 Å². The van der Waals surface area contributed by atoms with E-state index in [0.717, 1.165) is 0 Å². The summed E-state index contributed by atoms with van der Waals surface area (Å²) < 4.78 is 1.61. The summed E-state index contributed by atoms with van der Waals surface area (Å²) in [4.78, 5) is 40.5. The van der Waals surface area contributed by atoms with Crippen molar-refractivity contribution >= 4 is 17.2 Å². The summed E-state index contributed by atoms with van der Waals surface area (Å²) in [7, 11) is 3.90. The lowest BCUT2D eigenvalue weighted by atomic mass is 10.1. The maximum atomic E-state index is 12.9. The average molecular weight is 413 g/mol. The molecule has 1 unspecified atom stereocenters. The van der Waals surface area contributed by atoms with Crippen LogP contribution in [-0.4, -0.2) is 51.0 Å². The second kappa shape index (κ2) is 9.06. The van der Waals surface area contributed by atoms with E-state index in [1.165, 1.54) is 11.3 Å². The number of nitrogens with one attached hydrogen (secondary N) is 1. The van der Waals surface area contributed by atoms with Crippen molar-refractivity contribution in [2.45, 2.75) is 26.4 Å². The van der Waals surface area contributed by atoms with Gasteiger partial charge in [-0.05, 0) is 45.6 Å². The lowest BCUT2D eigenvalue weighted by Crippen LogP contribution is -2.36. The van der Waals surface area contributed by atoms with Crippen LogP contribution >= 0.6 is 11.3 Å². The fraction of sp³-hybridized carbons (Fsp3) is 0.350. The molecule has 1 atom stereocenters. The summed E-state index contributed by atoms with van der Waals surface area (Å²) in [6, 6.07) is 3.50. The number of hydrogen-bond acceptors (Lipinski definition) is 7. The number of pyridine rings is 1. The van der Waals surface area contributed by atoms with Crippen molar-refractivity contribution in [2.24, 2.45) is 0 Å². The summed E-state index contributed by atoms with van der Waals surface area (Å²) in [6.07, 6.45) is 5.06. The monoisotopic (exact) mass is 412 g/mol. The molecule has 0 aliphatic rings. The van der Waals surface area contributed by atoms with Crippen molar-refractivity contribution in [3.63, 3.8) is 0 Å². The molecule has 0 aliphatic heterocycles. The van der Waals surface area contributed by atoms with Gasteiger partial charge in [0.1, 0.15) is 5.56 Å². The standard InChI is InChI=1S/C20H24N6O2S/c1-13-6-9-26(14(2)11-25(3)4)20(28)16(13)18(27)23-10-15-12-29-19(24-15)17-21-7-5-8-22-17/h5-9,12,14H,10-11H2,1-4H3,(H,23,27). The van der Waals surface area contributed by atoms with Crippen LogP contribution in [-0.2, 0) is 6.54 Å². The van der Waals surface area contributed by atoms with E-state index in [4.69, 9.17) is 0 Å². The number of carbonyl (C=O) groups is 1. The first kappa shape index (κ1) is 20.8. The Hall–Kier alpha value is -2.91. The highest BCUT2D eigenvalue weighted by Crippen LogP contribution is 2.19. The van der Waals surface area contributed by atoms with Crippen molar-refractivity contribution in [3.05, 3.63) is 63.3 Å². The summed E-state index contributed by atoms with van der Waals surface area (Å²) in [5, 5.41) is 5.34. The molecular weight excluding hydrogens is 388 g/mol. The number of rotatable bonds is 7. The Morgan fingerprint density at radius 1 is 1.31 bits per heavy atom. The van der Waals surface area contributed by atoms with Crippen molar-refractivity contribution in [1.82, 2.24) is 29.7 Å². The first-order valence-electron chi connectivity index (χ1n) is 9.23. The lowest BCUT2D eigenvalue weighted by molar-refractivity contribution is 0.0947. The molecule has 1 N–H and O–H groups in total. The number of amides is 1. The predicted molar refractivity (Wildman–Crippen MR) is 113 cm³/mol. The Kier molecular flexibility index (Phi) is 6.50. The second-order valence-corrected chi connectivity index (χ2v) is 7.95. The molecule has 8 nitrogen and oxygen atoms in total. The lowest BCUT2D eigenvalue weighted by Gasteiger charge is -2.20. The van der Waals surface area contributed by atoms with E-state index in [0.29, 0.717) is 28.6 Å². The van der Waals surface area contributed by atoms with Gasteiger partial charge in [0, 0.05) is 36.6 Å². The van der Waals surface area contributed by atoms with Crippen LogP contribution in [0.1, 0.15) is 34.6 Å². The normalized spacial score (nSPS) is 12.2. The molecule has 3 aromatic rings. The van der Waals surface area contributed by atoms with Gasteiger partial charge in [0.15, 0.2) is 10.8 Å². The van der Waals surface area contributed by atoms with Crippen LogP contribution in [0.5, 0.6) is 0 Å². The minimum absolute atomic E-state index is 0.0448. The smallest absolute Gasteiger partial charge is 0.263 e. The topological polar surface area (TPSA) is 93.0 Å². The molecule has 0 bridgehead atoms. The van der Waals surface area contributed by atoms with E-state index in [1.54, 1.807) is 42.2 Å². The van der Waals surface area contributed by atoms with Gasteiger partial charge in [-0.15, -0.1) is 11.3 Å². The zero-order chi connectivity index (χ0) is 21.0. The first-order valence-corrected chi connectivity index (χ1v) is 10.1. The van der Waals surface area contributed by atoms with Crippen molar-refractivity contribution in [2.75, 3.05) is 20.6 Å². The molecule has 3 aromatic heterocycles. The number of likely N-dealkylation sites (N-methyl/N-ethyl adjacent to an activating group) is 1. The molecule has 3 rings (SSSR count). The molecule has 0 spiro atoms. The van der Waals surface area contributed by atoms with E-state index in [2.05, 4.69) is 20.3 Å². The van der Waals surface area contributed by atoms with E-state index < -0.39 is 5.91 Å². The number of thiazole rings is 1. The Labute approximate surface area is 173 Å². The Morgan fingerprint density at radius 2 is 2.03 bits per heavy atom. The van der Waals surface area contributed by atoms with Gasteiger partial charge in [-0.2, -0.15) is 0 Å². The van der Waals surface area contributed by atoms with Crippen LogP contribution in [0.2, 0.25) is 0 Å². The van der Waals surface area contributed by atoms with Crippen molar-refractivity contribution in [3.8, 4) is 10.8 Å². The van der Waals surface area contributed by atoms with Crippen LogP contribution in [0, 0.1) is 6.92 Å². The molecule has 3 heterocycles. The molecule has 152 valence electrons. The fourth-order valence-electron chi connectivity index (χ4n) is 3.04. The summed E-state index contributed by atoms with van der Waals surface area (Å²) in [6.45, 7) is 4.65. The van der Waals surface area contributed by atoms with Gasteiger partial charge in [-0.25, -0.2) is 15.0 Å².